The van der Waals surface area contributed by atoms with Gasteiger partial charge >= 0.3 is 0 Å². The third-order valence-corrected chi connectivity index (χ3v) is 5.44. The number of carbonyl (C=O) groups is 2. The van der Waals surface area contributed by atoms with E-state index >= 15 is 0 Å². The zero-order chi connectivity index (χ0) is 20.7. The lowest BCUT2D eigenvalue weighted by Gasteiger charge is -2.34. The maximum Gasteiger partial charge on any atom is 0.226 e. The molecule has 0 unspecified atom stereocenters. The summed E-state index contributed by atoms with van der Waals surface area (Å²) in [5.74, 6) is 1.74. The van der Waals surface area contributed by atoms with Gasteiger partial charge < -0.3 is 14.7 Å². The minimum atomic E-state index is -0.135. The summed E-state index contributed by atoms with van der Waals surface area (Å²) in [6, 6.07) is 0.161. The van der Waals surface area contributed by atoms with Crippen molar-refractivity contribution in [2.45, 2.75) is 91.0 Å². The molecule has 7 heteroatoms. The molecule has 1 saturated heterocycles. The van der Waals surface area contributed by atoms with E-state index in [2.05, 4.69) is 29.3 Å². The van der Waals surface area contributed by atoms with Crippen molar-refractivity contribution in [3.8, 4) is 0 Å². The molecule has 2 rings (SSSR count). The predicted octanol–water partition coefficient (Wildman–Crippen LogP) is 3.23. The fraction of sp³-hybridized carbons (Fsp3) is 0.810. The highest BCUT2D eigenvalue weighted by Crippen LogP contribution is 2.19. The Kier molecular flexibility index (Phi) is 8.01. The zero-order valence-electron chi connectivity index (χ0n) is 18.1. The van der Waals surface area contributed by atoms with Gasteiger partial charge in [0.05, 0.1) is 0 Å². The van der Waals surface area contributed by atoms with E-state index < -0.39 is 0 Å². The number of piperidine rings is 1. The largest absolute Gasteiger partial charge is 0.353 e. The van der Waals surface area contributed by atoms with Gasteiger partial charge in [-0.3, -0.25) is 9.59 Å². The molecule has 0 spiro atoms. The van der Waals surface area contributed by atoms with E-state index in [0.717, 1.165) is 38.8 Å². The first kappa shape index (κ1) is 22.4. The summed E-state index contributed by atoms with van der Waals surface area (Å²) in [6.07, 6.45) is 5.18. The second-order valence-electron chi connectivity index (χ2n) is 8.80. The molecule has 28 heavy (non-hydrogen) atoms. The van der Waals surface area contributed by atoms with Crippen molar-refractivity contribution in [1.29, 1.82) is 0 Å². The lowest BCUT2D eigenvalue weighted by Crippen LogP contribution is -2.48. The fourth-order valence-corrected chi connectivity index (χ4v) is 3.50. The highest BCUT2D eigenvalue weighted by Gasteiger charge is 2.27. The molecule has 7 nitrogen and oxygen atoms in total. The molecule has 2 amide bonds. The molecule has 1 aromatic rings. The van der Waals surface area contributed by atoms with Crippen molar-refractivity contribution in [2.24, 2.45) is 5.92 Å². The first-order valence-electron chi connectivity index (χ1n) is 10.7. The molecule has 0 bridgehead atoms. The van der Waals surface area contributed by atoms with Crippen molar-refractivity contribution in [3.63, 3.8) is 0 Å². The van der Waals surface area contributed by atoms with Crippen LogP contribution in [0.3, 0.4) is 0 Å². The Hall–Kier alpha value is -1.92. The average molecular weight is 393 g/mol. The number of likely N-dealkylation sites (tertiary alicyclic amines) is 1. The van der Waals surface area contributed by atoms with Crippen molar-refractivity contribution in [1.82, 2.24) is 20.4 Å². The van der Waals surface area contributed by atoms with E-state index in [1.54, 1.807) is 0 Å². The molecule has 1 aromatic heterocycles. The number of nitrogens with one attached hydrogen (secondary N) is 1. The third kappa shape index (κ3) is 6.31. The highest BCUT2D eigenvalue weighted by molar-refractivity contribution is 5.79. The van der Waals surface area contributed by atoms with E-state index in [4.69, 9.17) is 4.52 Å². The standard InChI is InChI=1S/C21H36N4O3/c1-6-15(7-2)19(27)25-13-11-16(12-14-25)22-17(26)9-8-10-18-23-20(24-28-18)21(3,4)5/h15-16H,6-14H2,1-5H3,(H,22,26). The van der Waals surface area contributed by atoms with Gasteiger partial charge in [-0.2, -0.15) is 4.98 Å². The zero-order valence-corrected chi connectivity index (χ0v) is 18.1. The molecule has 1 fully saturated rings. The van der Waals surface area contributed by atoms with Crippen molar-refractivity contribution in [3.05, 3.63) is 11.7 Å². The van der Waals surface area contributed by atoms with Crippen LogP contribution in [0.4, 0.5) is 0 Å². The molecule has 0 aliphatic carbocycles. The van der Waals surface area contributed by atoms with Crippen LogP contribution in [0, 0.1) is 5.92 Å². The highest BCUT2D eigenvalue weighted by atomic mass is 16.5. The molecular formula is C21H36N4O3. The molecule has 2 heterocycles. The summed E-state index contributed by atoms with van der Waals surface area (Å²) in [5.41, 5.74) is -0.135. The second-order valence-corrected chi connectivity index (χ2v) is 8.80. The first-order chi connectivity index (χ1) is 13.2. The van der Waals surface area contributed by atoms with Gasteiger partial charge in [0.15, 0.2) is 5.82 Å². The third-order valence-electron chi connectivity index (χ3n) is 5.44. The molecule has 1 N–H and O–H groups in total. The topological polar surface area (TPSA) is 88.3 Å². The Morgan fingerprint density at radius 2 is 1.86 bits per heavy atom. The lowest BCUT2D eigenvalue weighted by molar-refractivity contribution is -0.137. The summed E-state index contributed by atoms with van der Waals surface area (Å²) in [4.78, 5) is 31.0. The first-order valence-corrected chi connectivity index (χ1v) is 10.7. The van der Waals surface area contributed by atoms with E-state index in [9.17, 15) is 9.59 Å². The van der Waals surface area contributed by atoms with Gasteiger partial charge in [-0.05, 0) is 32.1 Å². The molecule has 0 aromatic carbocycles. The minimum Gasteiger partial charge on any atom is -0.353 e. The fourth-order valence-electron chi connectivity index (χ4n) is 3.50. The van der Waals surface area contributed by atoms with Crippen LogP contribution in [0.15, 0.2) is 4.52 Å². The van der Waals surface area contributed by atoms with Gasteiger partial charge in [-0.25, -0.2) is 0 Å². The molecule has 0 radical (unpaired) electrons. The number of hydrogen-bond donors (Lipinski definition) is 1. The summed E-state index contributed by atoms with van der Waals surface area (Å²) in [7, 11) is 0. The summed E-state index contributed by atoms with van der Waals surface area (Å²) in [6.45, 7) is 11.7. The van der Waals surface area contributed by atoms with E-state index in [0.29, 0.717) is 31.0 Å². The molecule has 1 aliphatic rings. The number of nitrogens with zero attached hydrogens (tertiary/aromatic N) is 3. The SMILES string of the molecule is CCC(CC)C(=O)N1CCC(NC(=O)CCCc2nc(C(C)(C)C)no2)CC1. The molecular weight excluding hydrogens is 356 g/mol. The molecule has 0 atom stereocenters. The normalized spacial score (nSPS) is 15.9. The monoisotopic (exact) mass is 392 g/mol. The number of aromatic nitrogens is 2. The van der Waals surface area contributed by atoms with E-state index in [1.165, 1.54) is 0 Å². The van der Waals surface area contributed by atoms with Gasteiger partial charge in [0.2, 0.25) is 17.7 Å². The number of rotatable bonds is 8. The van der Waals surface area contributed by atoms with Crippen molar-refractivity contribution < 1.29 is 14.1 Å². The van der Waals surface area contributed by atoms with Gasteiger partial charge in [-0.15, -0.1) is 0 Å². The Balaban J connectivity index is 1.67. The molecule has 0 saturated carbocycles. The maximum absolute atomic E-state index is 12.4. The van der Waals surface area contributed by atoms with Crippen molar-refractivity contribution in [2.75, 3.05) is 13.1 Å². The molecule has 158 valence electrons. The summed E-state index contributed by atoms with van der Waals surface area (Å²) < 4.78 is 5.26. The van der Waals surface area contributed by atoms with E-state index in [1.807, 2.05) is 25.7 Å². The average Bonchev–Trinajstić information content (AvgIpc) is 3.12. The Morgan fingerprint density at radius 3 is 2.39 bits per heavy atom. The quantitative estimate of drug-likeness (QED) is 0.734. The van der Waals surface area contributed by atoms with E-state index in [-0.39, 0.29) is 29.2 Å². The van der Waals surface area contributed by atoms with Crippen LogP contribution in [-0.2, 0) is 21.4 Å². The van der Waals surface area contributed by atoms with Crippen LogP contribution in [0.5, 0.6) is 0 Å². The second kappa shape index (κ2) is 10.0. The maximum atomic E-state index is 12.4. The summed E-state index contributed by atoms with van der Waals surface area (Å²) in [5, 5.41) is 7.11. The van der Waals surface area contributed by atoms with Crippen LogP contribution in [0.2, 0.25) is 0 Å². The van der Waals surface area contributed by atoms with Crippen molar-refractivity contribution >= 4 is 11.8 Å². The Labute approximate surface area is 168 Å². The Morgan fingerprint density at radius 1 is 1.21 bits per heavy atom. The predicted molar refractivity (Wildman–Crippen MR) is 108 cm³/mol. The summed E-state index contributed by atoms with van der Waals surface area (Å²) >= 11 is 0. The van der Waals surface area contributed by atoms with Crippen LogP contribution in [-0.4, -0.2) is 46.0 Å². The Bertz CT molecular complexity index is 638. The van der Waals surface area contributed by atoms with Gasteiger partial charge in [0, 0.05) is 43.3 Å². The number of carbonyl (C=O) groups excluding carboxylic acids is 2. The number of aryl methyl sites for hydroxylation is 1. The van der Waals surface area contributed by atoms with Gasteiger partial charge in [-0.1, -0.05) is 39.8 Å². The van der Waals surface area contributed by atoms with Crippen LogP contribution >= 0.6 is 0 Å². The van der Waals surface area contributed by atoms with Gasteiger partial charge in [0.1, 0.15) is 0 Å². The van der Waals surface area contributed by atoms with Crippen LogP contribution in [0.1, 0.15) is 84.9 Å². The lowest BCUT2D eigenvalue weighted by atomic mass is 9.96. The number of hydrogen-bond acceptors (Lipinski definition) is 5. The minimum absolute atomic E-state index is 0.0559. The number of amides is 2. The van der Waals surface area contributed by atoms with Crippen LogP contribution < -0.4 is 5.32 Å². The smallest absolute Gasteiger partial charge is 0.226 e. The van der Waals surface area contributed by atoms with Crippen LogP contribution in [0.25, 0.3) is 0 Å². The molecule has 1 aliphatic heterocycles. The van der Waals surface area contributed by atoms with Gasteiger partial charge in [0.25, 0.3) is 0 Å².